The van der Waals surface area contributed by atoms with Gasteiger partial charge in [0.15, 0.2) is 0 Å². The summed E-state index contributed by atoms with van der Waals surface area (Å²) in [6.45, 7) is 7.44. The molecule has 0 aliphatic carbocycles. The van der Waals surface area contributed by atoms with Crippen LogP contribution in [-0.2, 0) is 9.53 Å². The summed E-state index contributed by atoms with van der Waals surface area (Å²) in [6.07, 6.45) is 3.07. The van der Waals surface area contributed by atoms with Crippen LogP contribution in [0.25, 0.3) is 6.08 Å². The maximum absolute atomic E-state index is 11.3. The van der Waals surface area contributed by atoms with Crippen molar-refractivity contribution >= 4 is 23.4 Å². The van der Waals surface area contributed by atoms with Crippen molar-refractivity contribution < 1.29 is 9.53 Å². The molecule has 4 heteroatoms. The van der Waals surface area contributed by atoms with E-state index in [-0.39, 0.29) is 5.97 Å². The standard InChI is InChI=1S/C11H15NO2S/c1-8-12-9(7-15-8)5-6-10(13)14-11(2,3)4/h5-7H,1-4H3/b6-5+. The predicted octanol–water partition coefficient (Wildman–Crippen LogP) is 2.81. The van der Waals surface area contributed by atoms with Gasteiger partial charge in [-0.25, -0.2) is 9.78 Å². The van der Waals surface area contributed by atoms with E-state index in [0.29, 0.717) is 0 Å². The second kappa shape index (κ2) is 4.57. The highest BCUT2D eigenvalue weighted by molar-refractivity contribution is 7.09. The van der Waals surface area contributed by atoms with E-state index in [1.165, 1.54) is 6.08 Å². The van der Waals surface area contributed by atoms with Crippen LogP contribution in [-0.4, -0.2) is 16.6 Å². The number of nitrogens with zero attached hydrogens (tertiary/aromatic N) is 1. The smallest absolute Gasteiger partial charge is 0.331 e. The van der Waals surface area contributed by atoms with Gasteiger partial charge in [-0.2, -0.15) is 0 Å². The van der Waals surface area contributed by atoms with Gasteiger partial charge in [0.2, 0.25) is 0 Å². The van der Waals surface area contributed by atoms with Crippen LogP contribution in [0.3, 0.4) is 0 Å². The highest BCUT2D eigenvalue weighted by Gasteiger charge is 2.13. The molecule has 0 aromatic carbocycles. The normalized spacial score (nSPS) is 12.0. The van der Waals surface area contributed by atoms with E-state index in [1.807, 2.05) is 33.1 Å². The van der Waals surface area contributed by atoms with E-state index in [1.54, 1.807) is 17.4 Å². The lowest BCUT2D eigenvalue weighted by atomic mass is 10.2. The Morgan fingerprint density at radius 3 is 2.67 bits per heavy atom. The highest BCUT2D eigenvalue weighted by atomic mass is 32.1. The van der Waals surface area contributed by atoms with Gasteiger partial charge in [-0.1, -0.05) is 0 Å². The van der Waals surface area contributed by atoms with Gasteiger partial charge in [-0.05, 0) is 33.8 Å². The molecule has 0 saturated heterocycles. The van der Waals surface area contributed by atoms with Crippen molar-refractivity contribution in [1.82, 2.24) is 4.98 Å². The number of rotatable bonds is 2. The molecule has 0 spiro atoms. The van der Waals surface area contributed by atoms with E-state index >= 15 is 0 Å². The molecule has 82 valence electrons. The summed E-state index contributed by atoms with van der Waals surface area (Å²) in [5.41, 5.74) is 0.350. The molecule has 1 rings (SSSR count). The number of carbonyl (C=O) groups excluding carboxylic acids is 1. The lowest BCUT2D eigenvalue weighted by Gasteiger charge is -2.17. The molecule has 0 aliphatic heterocycles. The maximum atomic E-state index is 11.3. The average molecular weight is 225 g/mol. The average Bonchev–Trinajstić information content (AvgIpc) is 2.45. The first-order valence-corrected chi connectivity index (χ1v) is 5.58. The van der Waals surface area contributed by atoms with Gasteiger partial charge in [-0.15, -0.1) is 11.3 Å². The fourth-order valence-electron chi connectivity index (χ4n) is 0.946. The predicted molar refractivity (Wildman–Crippen MR) is 61.7 cm³/mol. The number of ether oxygens (including phenoxy) is 1. The molecular formula is C11H15NO2S. The number of hydrogen-bond acceptors (Lipinski definition) is 4. The van der Waals surface area contributed by atoms with E-state index in [0.717, 1.165) is 10.7 Å². The molecular weight excluding hydrogens is 210 g/mol. The Balaban J connectivity index is 2.55. The molecule has 0 saturated carbocycles. The Morgan fingerprint density at radius 1 is 1.53 bits per heavy atom. The molecule has 0 N–H and O–H groups in total. The SMILES string of the molecule is Cc1nc(/C=C/C(=O)OC(C)(C)C)cs1. The van der Waals surface area contributed by atoms with E-state index in [4.69, 9.17) is 4.74 Å². The number of hydrogen-bond donors (Lipinski definition) is 0. The van der Waals surface area contributed by atoms with Crippen LogP contribution < -0.4 is 0 Å². The van der Waals surface area contributed by atoms with Crippen LogP contribution in [0.2, 0.25) is 0 Å². The van der Waals surface area contributed by atoms with Crippen molar-refractivity contribution in [2.75, 3.05) is 0 Å². The summed E-state index contributed by atoms with van der Waals surface area (Å²) in [5, 5.41) is 2.88. The zero-order chi connectivity index (χ0) is 11.5. The number of thiazole rings is 1. The van der Waals surface area contributed by atoms with Gasteiger partial charge in [0, 0.05) is 11.5 Å². The number of aromatic nitrogens is 1. The second-order valence-electron chi connectivity index (χ2n) is 4.16. The molecule has 0 amide bonds. The minimum Gasteiger partial charge on any atom is -0.457 e. The third kappa shape index (κ3) is 4.74. The molecule has 0 fully saturated rings. The first kappa shape index (κ1) is 11.9. The summed E-state index contributed by atoms with van der Waals surface area (Å²) >= 11 is 1.55. The highest BCUT2D eigenvalue weighted by Crippen LogP contribution is 2.11. The Hall–Kier alpha value is -1.16. The van der Waals surface area contributed by atoms with Gasteiger partial charge in [0.05, 0.1) is 10.7 Å². The van der Waals surface area contributed by atoms with Crippen LogP contribution in [0, 0.1) is 6.92 Å². The van der Waals surface area contributed by atoms with Crippen molar-refractivity contribution in [1.29, 1.82) is 0 Å². The van der Waals surface area contributed by atoms with Crippen LogP contribution in [0.15, 0.2) is 11.5 Å². The van der Waals surface area contributed by atoms with Crippen molar-refractivity contribution in [3.05, 3.63) is 22.2 Å². The summed E-state index contributed by atoms with van der Waals surface area (Å²) in [4.78, 5) is 15.5. The molecule has 0 unspecified atom stereocenters. The fraction of sp³-hybridized carbons (Fsp3) is 0.455. The van der Waals surface area contributed by atoms with Gasteiger partial charge < -0.3 is 4.74 Å². The third-order valence-electron chi connectivity index (χ3n) is 1.43. The van der Waals surface area contributed by atoms with Crippen molar-refractivity contribution in [3.63, 3.8) is 0 Å². The second-order valence-corrected chi connectivity index (χ2v) is 5.22. The molecule has 0 atom stereocenters. The first-order chi connectivity index (χ1) is 6.87. The zero-order valence-corrected chi connectivity index (χ0v) is 10.2. The molecule has 0 bridgehead atoms. The minimum atomic E-state index is -0.445. The van der Waals surface area contributed by atoms with Gasteiger partial charge in [0.25, 0.3) is 0 Å². The van der Waals surface area contributed by atoms with E-state index in [2.05, 4.69) is 4.98 Å². The maximum Gasteiger partial charge on any atom is 0.331 e. The lowest BCUT2D eigenvalue weighted by molar-refractivity contribution is -0.148. The molecule has 0 radical (unpaired) electrons. The Labute approximate surface area is 93.8 Å². The van der Waals surface area contributed by atoms with Gasteiger partial charge in [-0.3, -0.25) is 0 Å². The summed E-state index contributed by atoms with van der Waals surface area (Å²) < 4.78 is 5.12. The van der Waals surface area contributed by atoms with Crippen molar-refractivity contribution in [2.45, 2.75) is 33.3 Å². The number of carbonyl (C=O) groups is 1. The molecule has 3 nitrogen and oxygen atoms in total. The summed E-state index contributed by atoms with van der Waals surface area (Å²) in [7, 11) is 0. The largest absolute Gasteiger partial charge is 0.457 e. The van der Waals surface area contributed by atoms with Gasteiger partial charge in [0.1, 0.15) is 5.60 Å². The Morgan fingerprint density at radius 2 is 2.20 bits per heavy atom. The minimum absolute atomic E-state index is 0.340. The molecule has 1 heterocycles. The summed E-state index contributed by atoms with van der Waals surface area (Å²) in [6, 6.07) is 0. The fourth-order valence-corrected chi connectivity index (χ4v) is 1.53. The molecule has 0 aliphatic rings. The Kier molecular flexibility index (Phi) is 3.63. The van der Waals surface area contributed by atoms with Crippen molar-refractivity contribution in [2.24, 2.45) is 0 Å². The third-order valence-corrected chi connectivity index (χ3v) is 2.23. The summed E-state index contributed by atoms with van der Waals surface area (Å²) in [5.74, 6) is -0.340. The van der Waals surface area contributed by atoms with Gasteiger partial charge >= 0.3 is 5.97 Å². The van der Waals surface area contributed by atoms with Crippen molar-refractivity contribution in [3.8, 4) is 0 Å². The first-order valence-electron chi connectivity index (χ1n) is 4.70. The Bertz CT molecular complexity index is 374. The monoisotopic (exact) mass is 225 g/mol. The van der Waals surface area contributed by atoms with Crippen LogP contribution in [0.4, 0.5) is 0 Å². The quantitative estimate of drug-likeness (QED) is 0.574. The van der Waals surface area contributed by atoms with Crippen LogP contribution in [0.1, 0.15) is 31.5 Å². The van der Waals surface area contributed by atoms with E-state index < -0.39 is 5.60 Å². The number of aryl methyl sites for hydroxylation is 1. The van der Waals surface area contributed by atoms with Crippen LogP contribution >= 0.6 is 11.3 Å². The van der Waals surface area contributed by atoms with E-state index in [9.17, 15) is 4.79 Å². The molecule has 1 aromatic heterocycles. The number of esters is 1. The molecule has 1 aromatic rings. The lowest BCUT2D eigenvalue weighted by Crippen LogP contribution is -2.22. The topological polar surface area (TPSA) is 39.2 Å². The molecule has 15 heavy (non-hydrogen) atoms. The zero-order valence-electron chi connectivity index (χ0n) is 9.40. The van der Waals surface area contributed by atoms with Crippen LogP contribution in [0.5, 0.6) is 0 Å².